The number of likely N-dealkylation sites (tertiary alicyclic amines) is 1. The van der Waals surface area contributed by atoms with Gasteiger partial charge in [-0.25, -0.2) is 9.59 Å². The minimum atomic E-state index is -1.00. The van der Waals surface area contributed by atoms with Crippen LogP contribution < -0.4 is 5.32 Å². The number of piperidine rings is 1. The monoisotopic (exact) mass is 464 g/mol. The summed E-state index contributed by atoms with van der Waals surface area (Å²) in [5, 5.41) is 12.3. The Kier molecular flexibility index (Phi) is 7.20. The molecule has 4 rings (SSSR count). The predicted octanol–water partition coefficient (Wildman–Crippen LogP) is 4.41. The molecule has 1 heterocycles. The van der Waals surface area contributed by atoms with Gasteiger partial charge in [0, 0.05) is 12.5 Å². The van der Waals surface area contributed by atoms with Crippen molar-refractivity contribution in [3.8, 4) is 11.1 Å². The van der Waals surface area contributed by atoms with Crippen LogP contribution in [-0.2, 0) is 14.3 Å². The molecule has 1 saturated heterocycles. The summed E-state index contributed by atoms with van der Waals surface area (Å²) in [6.45, 7) is 4.47. The summed E-state index contributed by atoms with van der Waals surface area (Å²) in [6, 6.07) is 14.5. The van der Waals surface area contributed by atoms with Gasteiger partial charge < -0.3 is 20.1 Å². The number of carbonyl (C=O) groups is 3. The number of hydrogen-bond acceptors (Lipinski definition) is 4. The Hall–Kier alpha value is -3.35. The van der Waals surface area contributed by atoms with Crippen molar-refractivity contribution in [1.29, 1.82) is 0 Å². The van der Waals surface area contributed by atoms with Crippen LogP contribution in [0.3, 0.4) is 0 Å². The third-order valence-corrected chi connectivity index (χ3v) is 6.71. The molecule has 7 nitrogen and oxygen atoms in total. The zero-order valence-electron chi connectivity index (χ0n) is 19.7. The molecule has 1 aliphatic carbocycles. The second-order valence-electron chi connectivity index (χ2n) is 9.53. The highest BCUT2D eigenvalue weighted by atomic mass is 16.5. The second-order valence-corrected chi connectivity index (χ2v) is 9.53. The van der Waals surface area contributed by atoms with Crippen molar-refractivity contribution >= 4 is 18.0 Å². The fraction of sp³-hybridized carbons (Fsp3) is 0.444. The van der Waals surface area contributed by atoms with E-state index in [0.29, 0.717) is 19.4 Å². The molecule has 0 bridgehead atoms. The number of carbonyl (C=O) groups excluding carboxylic acids is 2. The molecule has 180 valence electrons. The number of rotatable bonds is 7. The van der Waals surface area contributed by atoms with E-state index in [1.54, 1.807) is 0 Å². The molecule has 2 atom stereocenters. The Labute approximate surface area is 200 Å². The average Bonchev–Trinajstić information content (AvgIpc) is 3.15. The minimum Gasteiger partial charge on any atom is -0.480 e. The molecule has 2 N–H and O–H groups in total. The Bertz CT molecular complexity index is 1020. The topological polar surface area (TPSA) is 95.9 Å². The van der Waals surface area contributed by atoms with E-state index >= 15 is 0 Å². The van der Waals surface area contributed by atoms with Crippen LogP contribution in [0.25, 0.3) is 11.1 Å². The number of carboxylic acids is 1. The molecular weight excluding hydrogens is 432 g/mol. The third-order valence-electron chi connectivity index (χ3n) is 6.71. The highest BCUT2D eigenvalue weighted by Crippen LogP contribution is 2.44. The number of aliphatic carboxylic acids is 1. The molecule has 2 aromatic carbocycles. The number of fused-ring (bicyclic) bond motifs is 3. The largest absolute Gasteiger partial charge is 0.480 e. The van der Waals surface area contributed by atoms with E-state index in [2.05, 4.69) is 29.6 Å². The van der Waals surface area contributed by atoms with Gasteiger partial charge in [-0.1, -0.05) is 62.4 Å². The SMILES string of the molecule is CC(C)C[C@H](NC(=O)OCC1c2ccccc2-c2ccccc21)C(=O)N1CCCCC1C(=O)O. The van der Waals surface area contributed by atoms with Crippen LogP contribution in [0.2, 0.25) is 0 Å². The highest BCUT2D eigenvalue weighted by Gasteiger charge is 2.37. The van der Waals surface area contributed by atoms with E-state index < -0.39 is 24.1 Å². The number of ether oxygens (including phenoxy) is 1. The lowest BCUT2D eigenvalue weighted by Gasteiger charge is -2.35. The van der Waals surface area contributed by atoms with Crippen molar-refractivity contribution in [2.45, 2.75) is 57.5 Å². The van der Waals surface area contributed by atoms with Gasteiger partial charge in [-0.05, 0) is 53.9 Å². The van der Waals surface area contributed by atoms with Gasteiger partial charge in [0.1, 0.15) is 18.7 Å². The van der Waals surface area contributed by atoms with Crippen molar-refractivity contribution in [2.75, 3.05) is 13.2 Å². The number of hydrogen-bond donors (Lipinski definition) is 2. The van der Waals surface area contributed by atoms with Gasteiger partial charge in [-0.15, -0.1) is 0 Å². The van der Waals surface area contributed by atoms with Gasteiger partial charge in [0.2, 0.25) is 5.91 Å². The van der Waals surface area contributed by atoms with Gasteiger partial charge >= 0.3 is 12.1 Å². The molecule has 0 aromatic heterocycles. The van der Waals surface area contributed by atoms with E-state index in [0.717, 1.165) is 35.1 Å². The zero-order valence-corrected chi connectivity index (χ0v) is 19.7. The van der Waals surface area contributed by atoms with Gasteiger partial charge in [-0.2, -0.15) is 0 Å². The maximum atomic E-state index is 13.3. The van der Waals surface area contributed by atoms with Crippen molar-refractivity contribution in [3.63, 3.8) is 0 Å². The third kappa shape index (κ3) is 4.93. The van der Waals surface area contributed by atoms with Crippen LogP contribution in [0.5, 0.6) is 0 Å². The maximum Gasteiger partial charge on any atom is 0.407 e. The molecule has 0 spiro atoms. The highest BCUT2D eigenvalue weighted by molar-refractivity contribution is 5.89. The smallest absolute Gasteiger partial charge is 0.407 e. The Morgan fingerprint density at radius 1 is 1.03 bits per heavy atom. The molecule has 0 radical (unpaired) electrons. The average molecular weight is 465 g/mol. The number of alkyl carbamates (subject to hydrolysis) is 1. The predicted molar refractivity (Wildman–Crippen MR) is 128 cm³/mol. The molecule has 2 amide bonds. The summed E-state index contributed by atoms with van der Waals surface area (Å²) < 4.78 is 5.63. The van der Waals surface area contributed by atoms with Crippen molar-refractivity contribution in [3.05, 3.63) is 59.7 Å². The number of nitrogens with zero attached hydrogens (tertiary/aromatic N) is 1. The van der Waals surface area contributed by atoms with Crippen LogP contribution in [0.1, 0.15) is 56.6 Å². The molecule has 1 aliphatic heterocycles. The van der Waals surface area contributed by atoms with E-state index in [9.17, 15) is 19.5 Å². The molecule has 1 fully saturated rings. The van der Waals surface area contributed by atoms with Crippen molar-refractivity contribution in [2.24, 2.45) is 5.92 Å². The minimum absolute atomic E-state index is 0.0733. The van der Waals surface area contributed by atoms with Crippen LogP contribution >= 0.6 is 0 Å². The number of nitrogens with one attached hydrogen (secondary N) is 1. The summed E-state index contributed by atoms with van der Waals surface area (Å²) >= 11 is 0. The first-order valence-electron chi connectivity index (χ1n) is 12.0. The van der Waals surface area contributed by atoms with Gasteiger partial charge in [-0.3, -0.25) is 4.79 Å². The quantitative estimate of drug-likeness (QED) is 0.633. The van der Waals surface area contributed by atoms with Crippen LogP contribution in [0.15, 0.2) is 48.5 Å². The Morgan fingerprint density at radius 3 is 2.24 bits per heavy atom. The molecule has 7 heteroatoms. The van der Waals surface area contributed by atoms with E-state index in [1.165, 1.54) is 4.90 Å². The van der Waals surface area contributed by atoms with Crippen LogP contribution in [0.4, 0.5) is 4.79 Å². The second kappa shape index (κ2) is 10.3. The Balaban J connectivity index is 1.45. The molecule has 0 saturated carbocycles. The summed E-state index contributed by atoms with van der Waals surface area (Å²) in [6.07, 6.45) is 1.71. The Morgan fingerprint density at radius 2 is 1.65 bits per heavy atom. The van der Waals surface area contributed by atoms with Crippen LogP contribution in [-0.4, -0.2) is 53.2 Å². The molecule has 34 heavy (non-hydrogen) atoms. The first-order chi connectivity index (χ1) is 16.4. The zero-order chi connectivity index (χ0) is 24.2. The van der Waals surface area contributed by atoms with E-state index in [-0.39, 0.29) is 24.3 Å². The number of benzene rings is 2. The van der Waals surface area contributed by atoms with Gasteiger partial charge in [0.15, 0.2) is 0 Å². The first-order valence-corrected chi connectivity index (χ1v) is 12.0. The van der Waals surface area contributed by atoms with E-state index in [4.69, 9.17) is 4.74 Å². The van der Waals surface area contributed by atoms with Crippen LogP contribution in [0, 0.1) is 5.92 Å². The lowest BCUT2D eigenvalue weighted by Crippen LogP contribution is -2.55. The normalized spacial score (nSPS) is 18.2. The first kappa shape index (κ1) is 23.8. The number of amides is 2. The van der Waals surface area contributed by atoms with Gasteiger partial charge in [0.25, 0.3) is 0 Å². The maximum absolute atomic E-state index is 13.3. The van der Waals surface area contributed by atoms with E-state index in [1.807, 2.05) is 38.1 Å². The van der Waals surface area contributed by atoms with Gasteiger partial charge in [0.05, 0.1) is 0 Å². The lowest BCUT2D eigenvalue weighted by atomic mass is 9.97. The fourth-order valence-corrected chi connectivity index (χ4v) is 5.13. The molecular formula is C27H32N2O5. The lowest BCUT2D eigenvalue weighted by molar-refractivity contribution is -0.153. The van der Waals surface area contributed by atoms with Crippen molar-refractivity contribution < 1.29 is 24.2 Å². The summed E-state index contributed by atoms with van der Waals surface area (Å²) in [5.41, 5.74) is 4.52. The van der Waals surface area contributed by atoms with Crippen molar-refractivity contribution in [1.82, 2.24) is 10.2 Å². The number of carboxylic acid groups (broad SMARTS) is 1. The molecule has 2 aliphatic rings. The summed E-state index contributed by atoms with van der Waals surface area (Å²) in [5.74, 6) is -1.29. The summed E-state index contributed by atoms with van der Waals surface area (Å²) in [4.78, 5) is 39.1. The summed E-state index contributed by atoms with van der Waals surface area (Å²) in [7, 11) is 0. The molecule has 2 aromatic rings. The standard InChI is InChI=1S/C27H32N2O5/c1-17(2)15-23(25(30)29-14-8-7-13-24(29)26(31)32)28-27(33)34-16-22-20-11-5-3-9-18(20)19-10-4-6-12-21(19)22/h3-6,9-12,17,22-24H,7-8,13-16H2,1-2H3,(H,28,33)(H,31,32)/t23-,24?/m0/s1. The molecule has 1 unspecified atom stereocenters. The fourth-order valence-electron chi connectivity index (χ4n) is 5.13.